The Morgan fingerprint density at radius 3 is 2.71 bits per heavy atom. The molecule has 31 heavy (non-hydrogen) atoms. The second kappa shape index (κ2) is 9.08. The number of nitrogens with zero attached hydrogens (tertiary/aromatic N) is 3. The molecule has 0 aliphatic carbocycles. The molecule has 0 aliphatic rings. The van der Waals surface area contributed by atoms with Gasteiger partial charge in [0.2, 0.25) is 11.7 Å². The van der Waals surface area contributed by atoms with Gasteiger partial charge in [-0.2, -0.15) is 4.98 Å². The molecule has 0 unspecified atom stereocenters. The van der Waals surface area contributed by atoms with Gasteiger partial charge in [-0.1, -0.05) is 23.4 Å². The maximum Gasteiger partial charge on any atom is 0.259 e. The second-order valence-electron chi connectivity index (χ2n) is 6.61. The van der Waals surface area contributed by atoms with Crippen LogP contribution in [0.3, 0.4) is 0 Å². The smallest absolute Gasteiger partial charge is 0.259 e. The van der Waals surface area contributed by atoms with Crippen molar-refractivity contribution < 1.29 is 18.8 Å². The number of anilines is 1. The van der Waals surface area contributed by atoms with Crippen LogP contribution >= 0.6 is 0 Å². The predicted molar refractivity (Wildman–Crippen MR) is 114 cm³/mol. The quantitative estimate of drug-likeness (QED) is 0.486. The van der Waals surface area contributed by atoms with Crippen LogP contribution in [0, 0.1) is 0 Å². The van der Waals surface area contributed by atoms with Crippen LogP contribution in [0.2, 0.25) is 0 Å². The summed E-state index contributed by atoms with van der Waals surface area (Å²) in [5.41, 5.74) is 2.65. The molecule has 8 heteroatoms. The van der Waals surface area contributed by atoms with E-state index in [0.717, 1.165) is 11.1 Å². The number of nitrogens with one attached hydrogen (secondary N) is 1. The van der Waals surface area contributed by atoms with E-state index < -0.39 is 0 Å². The van der Waals surface area contributed by atoms with Crippen LogP contribution in [-0.4, -0.2) is 35.3 Å². The Labute approximate surface area is 178 Å². The number of amides is 1. The van der Waals surface area contributed by atoms with Crippen molar-refractivity contribution in [2.24, 2.45) is 0 Å². The van der Waals surface area contributed by atoms with Crippen LogP contribution < -0.4 is 14.8 Å². The molecule has 0 saturated carbocycles. The van der Waals surface area contributed by atoms with Crippen molar-refractivity contribution in [1.29, 1.82) is 0 Å². The molecule has 0 radical (unpaired) electrons. The highest BCUT2D eigenvalue weighted by atomic mass is 16.5. The fraction of sp³-hybridized carbons (Fsp3) is 0.130. The van der Waals surface area contributed by atoms with E-state index in [-0.39, 0.29) is 5.91 Å². The zero-order valence-corrected chi connectivity index (χ0v) is 17.0. The molecule has 0 spiro atoms. The first-order valence-corrected chi connectivity index (χ1v) is 9.52. The van der Waals surface area contributed by atoms with Crippen LogP contribution in [0.4, 0.5) is 5.69 Å². The lowest BCUT2D eigenvalue weighted by molar-refractivity contribution is 0.102. The largest absolute Gasteiger partial charge is 0.497 e. The number of aromatic nitrogens is 3. The number of pyridine rings is 1. The Hall–Kier alpha value is -4.20. The molecule has 0 aliphatic heterocycles. The zero-order valence-electron chi connectivity index (χ0n) is 17.0. The van der Waals surface area contributed by atoms with E-state index in [0.29, 0.717) is 40.9 Å². The van der Waals surface area contributed by atoms with Crippen molar-refractivity contribution in [2.75, 3.05) is 19.5 Å². The number of hydrogen-bond donors (Lipinski definition) is 1. The van der Waals surface area contributed by atoms with Gasteiger partial charge >= 0.3 is 0 Å². The van der Waals surface area contributed by atoms with Gasteiger partial charge in [-0.05, 0) is 35.9 Å². The van der Waals surface area contributed by atoms with Crippen molar-refractivity contribution in [3.05, 3.63) is 84.0 Å². The molecule has 2 aromatic heterocycles. The number of carbonyl (C=O) groups is 1. The van der Waals surface area contributed by atoms with E-state index in [9.17, 15) is 4.79 Å². The molecular weight excluding hydrogens is 396 g/mol. The Kier molecular flexibility index (Phi) is 5.89. The summed E-state index contributed by atoms with van der Waals surface area (Å²) in [5.74, 6) is 1.63. The third-order valence-corrected chi connectivity index (χ3v) is 4.65. The predicted octanol–water partition coefficient (Wildman–Crippen LogP) is 3.99. The number of hydrogen-bond acceptors (Lipinski definition) is 7. The Morgan fingerprint density at radius 1 is 1.06 bits per heavy atom. The van der Waals surface area contributed by atoms with E-state index in [2.05, 4.69) is 20.4 Å². The van der Waals surface area contributed by atoms with E-state index in [1.54, 1.807) is 37.7 Å². The Morgan fingerprint density at radius 2 is 1.94 bits per heavy atom. The number of carbonyl (C=O) groups excluding carboxylic acids is 1. The summed E-state index contributed by atoms with van der Waals surface area (Å²) in [6, 6.07) is 16.2. The van der Waals surface area contributed by atoms with Gasteiger partial charge in [0.25, 0.3) is 5.91 Å². The average Bonchev–Trinajstić information content (AvgIpc) is 3.29. The Balaban J connectivity index is 1.54. The van der Waals surface area contributed by atoms with Gasteiger partial charge in [0.15, 0.2) is 0 Å². The van der Waals surface area contributed by atoms with Crippen LogP contribution in [0.5, 0.6) is 11.5 Å². The summed E-state index contributed by atoms with van der Waals surface area (Å²) >= 11 is 0. The molecule has 8 nitrogen and oxygen atoms in total. The molecule has 4 rings (SSSR count). The molecule has 0 saturated heterocycles. The van der Waals surface area contributed by atoms with Gasteiger partial charge in [0, 0.05) is 29.7 Å². The van der Waals surface area contributed by atoms with Gasteiger partial charge < -0.3 is 19.3 Å². The first kappa shape index (κ1) is 20.1. The highest BCUT2D eigenvalue weighted by Gasteiger charge is 2.16. The molecule has 0 atom stereocenters. The Bertz CT molecular complexity index is 1190. The monoisotopic (exact) mass is 416 g/mol. The minimum absolute atomic E-state index is 0.298. The average molecular weight is 416 g/mol. The van der Waals surface area contributed by atoms with Crippen LogP contribution in [0.15, 0.2) is 71.5 Å². The van der Waals surface area contributed by atoms with Crippen LogP contribution in [0.1, 0.15) is 21.8 Å². The van der Waals surface area contributed by atoms with Crippen LogP contribution in [-0.2, 0) is 6.42 Å². The molecule has 2 heterocycles. The summed E-state index contributed by atoms with van der Waals surface area (Å²) in [6.45, 7) is 0. The van der Waals surface area contributed by atoms with E-state index in [1.807, 2.05) is 36.4 Å². The van der Waals surface area contributed by atoms with Crippen molar-refractivity contribution in [1.82, 2.24) is 15.1 Å². The van der Waals surface area contributed by atoms with Crippen LogP contribution in [0.25, 0.3) is 11.4 Å². The highest BCUT2D eigenvalue weighted by Crippen LogP contribution is 2.27. The first-order valence-electron chi connectivity index (χ1n) is 9.52. The van der Waals surface area contributed by atoms with E-state index in [4.69, 9.17) is 14.0 Å². The molecular formula is C23H20N4O4. The fourth-order valence-corrected chi connectivity index (χ4v) is 3.07. The molecule has 1 amide bonds. The summed E-state index contributed by atoms with van der Waals surface area (Å²) in [6.07, 6.45) is 3.72. The molecule has 4 aromatic rings. The third-order valence-electron chi connectivity index (χ3n) is 4.65. The maximum atomic E-state index is 12.9. The topological polar surface area (TPSA) is 99.4 Å². The summed E-state index contributed by atoms with van der Waals surface area (Å²) < 4.78 is 15.9. The maximum absolute atomic E-state index is 12.9. The van der Waals surface area contributed by atoms with Crippen molar-refractivity contribution in [3.63, 3.8) is 0 Å². The number of para-hydroxylation sites is 1. The normalized spacial score (nSPS) is 10.5. The second-order valence-corrected chi connectivity index (χ2v) is 6.61. The highest BCUT2D eigenvalue weighted by molar-refractivity contribution is 6.06. The summed E-state index contributed by atoms with van der Waals surface area (Å²) in [4.78, 5) is 21.4. The van der Waals surface area contributed by atoms with Gasteiger partial charge in [0.05, 0.1) is 26.2 Å². The fourth-order valence-electron chi connectivity index (χ4n) is 3.07. The number of rotatable bonds is 7. The first-order chi connectivity index (χ1) is 15.2. The zero-order chi connectivity index (χ0) is 21.6. The van der Waals surface area contributed by atoms with Gasteiger partial charge in [-0.15, -0.1) is 0 Å². The number of benzene rings is 2. The summed E-state index contributed by atoms with van der Waals surface area (Å²) in [5, 5.41) is 6.96. The SMILES string of the molecule is COc1ccc(C(=O)Nc2ccccc2Cc2nc(-c3cccnc3)no2)c(OC)c1. The van der Waals surface area contributed by atoms with Crippen molar-refractivity contribution >= 4 is 11.6 Å². The molecule has 0 fully saturated rings. The van der Waals surface area contributed by atoms with Gasteiger partial charge in [-0.25, -0.2) is 0 Å². The number of ether oxygens (including phenoxy) is 2. The van der Waals surface area contributed by atoms with E-state index >= 15 is 0 Å². The molecule has 0 bridgehead atoms. The third kappa shape index (κ3) is 4.53. The summed E-state index contributed by atoms with van der Waals surface area (Å²) in [7, 11) is 3.07. The van der Waals surface area contributed by atoms with Gasteiger partial charge in [0.1, 0.15) is 11.5 Å². The van der Waals surface area contributed by atoms with Crippen molar-refractivity contribution in [3.8, 4) is 22.9 Å². The molecule has 2 aromatic carbocycles. The standard InChI is InChI=1S/C23H20N4O4/c1-29-17-9-10-18(20(13-17)30-2)23(28)25-19-8-4-3-6-15(19)12-21-26-22(27-31-21)16-7-5-11-24-14-16/h3-11,13-14H,12H2,1-2H3,(H,25,28). The number of methoxy groups -OCH3 is 2. The lowest BCUT2D eigenvalue weighted by atomic mass is 10.1. The minimum atomic E-state index is -0.298. The lowest BCUT2D eigenvalue weighted by Crippen LogP contribution is -2.14. The minimum Gasteiger partial charge on any atom is -0.497 e. The molecule has 156 valence electrons. The van der Waals surface area contributed by atoms with Gasteiger partial charge in [-0.3, -0.25) is 9.78 Å². The molecule has 1 N–H and O–H groups in total. The lowest BCUT2D eigenvalue weighted by Gasteiger charge is -2.13. The van der Waals surface area contributed by atoms with E-state index in [1.165, 1.54) is 7.11 Å². The van der Waals surface area contributed by atoms with Crippen molar-refractivity contribution in [2.45, 2.75) is 6.42 Å².